The van der Waals surface area contributed by atoms with Gasteiger partial charge in [-0.05, 0) is 89.9 Å². The van der Waals surface area contributed by atoms with Crippen LogP contribution in [0.4, 0.5) is 0 Å². The number of rotatable bonds is 64. The summed E-state index contributed by atoms with van der Waals surface area (Å²) in [6, 6.07) is 0. The predicted octanol–water partition coefficient (Wildman–Crippen LogP) is 24.1. The molecule has 0 amide bonds. The molecular formula is C74H132O6. The number of hydrogen-bond acceptors (Lipinski definition) is 6. The monoisotopic (exact) mass is 1120 g/mol. The van der Waals surface area contributed by atoms with E-state index >= 15 is 0 Å². The summed E-state index contributed by atoms with van der Waals surface area (Å²) in [6.07, 6.45) is 89.2. The molecule has 0 saturated heterocycles. The molecule has 1 unspecified atom stereocenters. The second kappa shape index (κ2) is 68.3. The molecule has 0 radical (unpaired) electrons. The molecule has 0 aliphatic rings. The van der Waals surface area contributed by atoms with Crippen molar-refractivity contribution < 1.29 is 28.6 Å². The Morgan fingerprint density at radius 2 is 0.487 bits per heavy atom. The average molecular weight is 1120 g/mol. The fourth-order valence-corrected chi connectivity index (χ4v) is 10.2. The Morgan fingerprint density at radius 3 is 0.787 bits per heavy atom. The molecule has 0 aromatic rings. The lowest BCUT2D eigenvalue weighted by atomic mass is 10.0. The molecule has 0 aliphatic heterocycles. The van der Waals surface area contributed by atoms with E-state index in [-0.39, 0.29) is 31.1 Å². The maximum atomic E-state index is 12.9. The van der Waals surface area contributed by atoms with Gasteiger partial charge in [0, 0.05) is 19.3 Å². The number of carbonyl (C=O) groups is 3. The average Bonchev–Trinajstić information content (AvgIpc) is 3.46. The lowest BCUT2D eigenvalue weighted by Gasteiger charge is -2.18. The van der Waals surface area contributed by atoms with E-state index in [2.05, 4.69) is 93.7 Å². The van der Waals surface area contributed by atoms with Crippen LogP contribution in [0.2, 0.25) is 0 Å². The van der Waals surface area contributed by atoms with E-state index in [0.717, 1.165) is 89.9 Å². The third kappa shape index (κ3) is 65.7. The van der Waals surface area contributed by atoms with Gasteiger partial charge < -0.3 is 14.2 Å². The van der Waals surface area contributed by atoms with E-state index in [9.17, 15) is 14.4 Å². The zero-order valence-electron chi connectivity index (χ0n) is 53.3. The topological polar surface area (TPSA) is 78.9 Å². The van der Waals surface area contributed by atoms with Gasteiger partial charge in [-0.25, -0.2) is 0 Å². The van der Waals surface area contributed by atoms with Crippen LogP contribution in [-0.4, -0.2) is 37.2 Å². The largest absolute Gasteiger partial charge is 0.462 e. The highest BCUT2D eigenvalue weighted by molar-refractivity contribution is 5.71. The van der Waals surface area contributed by atoms with Crippen LogP contribution in [0.25, 0.3) is 0 Å². The van der Waals surface area contributed by atoms with Gasteiger partial charge in [-0.1, -0.05) is 325 Å². The summed E-state index contributed by atoms with van der Waals surface area (Å²) in [4.78, 5) is 38.5. The first-order valence-corrected chi connectivity index (χ1v) is 34.9. The summed E-state index contributed by atoms with van der Waals surface area (Å²) >= 11 is 0. The first kappa shape index (κ1) is 76.9. The Kier molecular flexibility index (Phi) is 65.7. The molecule has 6 heteroatoms. The van der Waals surface area contributed by atoms with Gasteiger partial charge in [0.05, 0.1) is 0 Å². The molecule has 80 heavy (non-hydrogen) atoms. The minimum absolute atomic E-state index is 0.0721. The molecule has 0 aromatic heterocycles. The second-order valence-corrected chi connectivity index (χ2v) is 23.4. The summed E-state index contributed by atoms with van der Waals surface area (Å²) in [5.41, 5.74) is 0. The Morgan fingerprint density at radius 1 is 0.263 bits per heavy atom. The highest BCUT2D eigenvalue weighted by atomic mass is 16.6. The number of esters is 3. The summed E-state index contributed by atoms with van der Waals surface area (Å²) in [5, 5.41) is 0. The van der Waals surface area contributed by atoms with Crippen molar-refractivity contribution in [2.75, 3.05) is 13.2 Å². The number of allylic oxidation sites excluding steroid dienone is 12. The quantitative estimate of drug-likeness (QED) is 0.0261. The number of hydrogen-bond donors (Lipinski definition) is 0. The molecular weight excluding hydrogens is 985 g/mol. The van der Waals surface area contributed by atoms with Crippen LogP contribution in [0.5, 0.6) is 0 Å². The highest BCUT2D eigenvalue weighted by Gasteiger charge is 2.19. The molecule has 0 aliphatic carbocycles. The molecule has 0 saturated carbocycles. The van der Waals surface area contributed by atoms with Gasteiger partial charge >= 0.3 is 17.9 Å². The summed E-state index contributed by atoms with van der Waals surface area (Å²) < 4.78 is 17.0. The van der Waals surface area contributed by atoms with E-state index in [4.69, 9.17) is 14.2 Å². The van der Waals surface area contributed by atoms with E-state index in [0.29, 0.717) is 19.3 Å². The fraction of sp³-hybridized carbons (Fsp3) is 0.797. The Hall–Kier alpha value is -3.15. The van der Waals surface area contributed by atoms with Crippen LogP contribution in [0.1, 0.15) is 361 Å². The van der Waals surface area contributed by atoms with Crippen LogP contribution in [-0.2, 0) is 28.6 Å². The van der Waals surface area contributed by atoms with Crippen molar-refractivity contribution in [3.05, 3.63) is 72.9 Å². The van der Waals surface area contributed by atoms with Crippen LogP contribution >= 0.6 is 0 Å². The lowest BCUT2D eigenvalue weighted by Crippen LogP contribution is -2.30. The summed E-state index contributed by atoms with van der Waals surface area (Å²) in [6.45, 7) is 6.56. The SMILES string of the molecule is CC/C=C\C/C=C\C/C=C\C/C=C\CCCCCCCCCCCCCCCCC(=O)OCC(COC(=O)CCCCCCCCCCCCCCCCCC)OC(=O)CCCCCCCCCCC/C=C\C/C=C\CCCCC. The molecule has 0 heterocycles. The van der Waals surface area contributed by atoms with Gasteiger partial charge in [0.1, 0.15) is 13.2 Å². The van der Waals surface area contributed by atoms with Crippen molar-refractivity contribution >= 4 is 17.9 Å². The molecule has 0 bridgehead atoms. The van der Waals surface area contributed by atoms with Gasteiger partial charge in [0.15, 0.2) is 6.10 Å². The maximum Gasteiger partial charge on any atom is 0.306 e. The van der Waals surface area contributed by atoms with Crippen molar-refractivity contribution in [1.29, 1.82) is 0 Å². The standard InChI is InChI=1S/C74H132O6/c1-4-7-10-13-16-19-22-25-28-31-33-34-35-36-37-38-39-40-42-43-46-49-52-55-58-61-64-67-73(76)79-70-71(69-78-72(75)66-63-60-57-54-51-48-45-30-27-24-21-18-15-12-9-6-3)80-74(77)68-65-62-59-56-53-50-47-44-41-32-29-26-23-20-17-14-11-8-5-2/h7,10,16-17,19-20,25-26,28-29,33-34,71H,4-6,8-9,11-15,18,21-24,27,30-32,35-70H2,1-3H3/b10-7-,19-16-,20-17-,28-25-,29-26-,34-33-. The molecule has 464 valence electrons. The number of unbranched alkanes of at least 4 members (excludes halogenated alkanes) is 41. The maximum absolute atomic E-state index is 12.9. The normalized spacial score (nSPS) is 12.5. The number of carbonyl (C=O) groups excluding carboxylic acids is 3. The van der Waals surface area contributed by atoms with Gasteiger partial charge in [0.25, 0.3) is 0 Å². The minimum atomic E-state index is -0.777. The Bertz CT molecular complexity index is 1470. The third-order valence-electron chi connectivity index (χ3n) is 15.4. The predicted molar refractivity (Wildman–Crippen MR) is 348 cm³/mol. The molecule has 1 atom stereocenters. The Balaban J connectivity index is 4.29. The van der Waals surface area contributed by atoms with Crippen molar-refractivity contribution in [2.45, 2.75) is 367 Å². The van der Waals surface area contributed by atoms with Crippen molar-refractivity contribution in [1.82, 2.24) is 0 Å². The second-order valence-electron chi connectivity index (χ2n) is 23.4. The van der Waals surface area contributed by atoms with Crippen molar-refractivity contribution in [3.63, 3.8) is 0 Å². The van der Waals surface area contributed by atoms with E-state index in [1.54, 1.807) is 0 Å². The van der Waals surface area contributed by atoms with Crippen LogP contribution < -0.4 is 0 Å². The zero-order chi connectivity index (χ0) is 57.8. The van der Waals surface area contributed by atoms with Crippen LogP contribution in [0.15, 0.2) is 72.9 Å². The lowest BCUT2D eigenvalue weighted by molar-refractivity contribution is -0.167. The van der Waals surface area contributed by atoms with Crippen LogP contribution in [0, 0.1) is 0 Å². The molecule has 0 aromatic carbocycles. The van der Waals surface area contributed by atoms with E-state index in [1.165, 1.54) is 231 Å². The smallest absolute Gasteiger partial charge is 0.306 e. The minimum Gasteiger partial charge on any atom is -0.462 e. The first-order chi connectivity index (χ1) is 39.5. The molecule has 0 spiro atoms. The molecule has 0 fully saturated rings. The van der Waals surface area contributed by atoms with Gasteiger partial charge in [-0.2, -0.15) is 0 Å². The molecule has 0 rings (SSSR count). The summed E-state index contributed by atoms with van der Waals surface area (Å²) in [5.74, 6) is -0.854. The fourth-order valence-electron chi connectivity index (χ4n) is 10.2. The summed E-state index contributed by atoms with van der Waals surface area (Å²) in [7, 11) is 0. The molecule has 0 N–H and O–H groups in total. The van der Waals surface area contributed by atoms with Gasteiger partial charge in [-0.15, -0.1) is 0 Å². The van der Waals surface area contributed by atoms with Crippen molar-refractivity contribution in [2.24, 2.45) is 0 Å². The highest BCUT2D eigenvalue weighted by Crippen LogP contribution is 2.18. The van der Waals surface area contributed by atoms with Gasteiger partial charge in [0.2, 0.25) is 0 Å². The van der Waals surface area contributed by atoms with Crippen molar-refractivity contribution in [3.8, 4) is 0 Å². The molecule has 6 nitrogen and oxygen atoms in total. The van der Waals surface area contributed by atoms with Gasteiger partial charge in [-0.3, -0.25) is 14.4 Å². The van der Waals surface area contributed by atoms with Crippen LogP contribution in [0.3, 0.4) is 0 Å². The Labute approximate surface area is 497 Å². The third-order valence-corrected chi connectivity index (χ3v) is 15.4. The number of ether oxygens (including phenoxy) is 3. The first-order valence-electron chi connectivity index (χ1n) is 34.9. The van der Waals surface area contributed by atoms with E-state index < -0.39 is 6.10 Å². The van der Waals surface area contributed by atoms with E-state index in [1.807, 2.05) is 0 Å². The zero-order valence-corrected chi connectivity index (χ0v) is 53.3.